The van der Waals surface area contributed by atoms with Gasteiger partial charge in [-0.05, 0) is 0 Å². The Morgan fingerprint density at radius 3 is 1.44 bits per heavy atom. The molecule has 0 aliphatic carbocycles. The van der Waals surface area contributed by atoms with E-state index in [4.69, 9.17) is 18.1 Å². The molecule has 0 bridgehead atoms. The van der Waals surface area contributed by atoms with Crippen LogP contribution >= 0.6 is 14.8 Å². The van der Waals surface area contributed by atoms with Crippen LogP contribution in [-0.4, -0.2) is 19.4 Å². The second kappa shape index (κ2) is 12.3. The van der Waals surface area contributed by atoms with Crippen LogP contribution < -0.4 is 14.4 Å². The molecule has 4 nitrogen and oxygen atoms in total. The van der Waals surface area contributed by atoms with Crippen LogP contribution in [0.1, 0.15) is 33.6 Å². The monoisotopic (exact) mass is 474 g/mol. The van der Waals surface area contributed by atoms with Crippen LogP contribution in [0.25, 0.3) is 0 Å². The standard InChI is InChI=1S/C26H36O4P2/c1-4-7-23-31(27-5-2,28-6-3)32(26-21-15-10-16-22-26,29-24-17-11-8-12-18-24)30-25-19-13-9-14-20-25/h8-22,31-32H,4-7,23H2,1-3H3. The van der Waals surface area contributed by atoms with Crippen LogP contribution in [0.5, 0.6) is 11.5 Å². The predicted octanol–water partition coefficient (Wildman–Crippen LogP) is 7.42. The second-order valence-corrected chi connectivity index (χ2v) is 16.6. The topological polar surface area (TPSA) is 36.9 Å². The second-order valence-electron chi connectivity index (χ2n) is 7.54. The van der Waals surface area contributed by atoms with Crippen molar-refractivity contribution in [3.8, 4) is 11.5 Å². The summed E-state index contributed by atoms with van der Waals surface area (Å²) in [5.74, 6) is 1.54. The zero-order valence-electron chi connectivity index (χ0n) is 19.3. The molecule has 3 aromatic rings. The molecule has 0 saturated heterocycles. The van der Waals surface area contributed by atoms with Crippen LogP contribution in [-0.2, 0) is 9.05 Å². The molecule has 3 rings (SSSR count). The Balaban J connectivity index is 2.27. The van der Waals surface area contributed by atoms with Crippen LogP contribution in [0, 0.1) is 0 Å². The maximum absolute atomic E-state index is 6.99. The third kappa shape index (κ3) is 5.69. The number of rotatable bonds is 13. The molecule has 0 N–H and O–H groups in total. The van der Waals surface area contributed by atoms with Crippen molar-refractivity contribution in [1.29, 1.82) is 0 Å². The van der Waals surface area contributed by atoms with Gasteiger partial charge >= 0.3 is 194 Å². The van der Waals surface area contributed by atoms with E-state index < -0.39 is 14.8 Å². The van der Waals surface area contributed by atoms with Crippen molar-refractivity contribution in [2.24, 2.45) is 0 Å². The molecule has 3 aromatic carbocycles. The van der Waals surface area contributed by atoms with E-state index in [2.05, 4.69) is 19.1 Å². The van der Waals surface area contributed by atoms with E-state index in [0.717, 1.165) is 35.8 Å². The SMILES string of the molecule is CCCC[PH](OCC)(OCC)[PH](Oc1ccccc1)(Oc1ccccc1)c1ccccc1. The first-order chi connectivity index (χ1) is 15.7. The zero-order chi connectivity index (χ0) is 22.7. The van der Waals surface area contributed by atoms with Gasteiger partial charge in [0.25, 0.3) is 0 Å². The molecular weight excluding hydrogens is 438 g/mol. The summed E-state index contributed by atoms with van der Waals surface area (Å²) in [4.78, 5) is 0. The van der Waals surface area contributed by atoms with Gasteiger partial charge in [0.15, 0.2) is 0 Å². The number of hydrogen-bond donors (Lipinski definition) is 0. The Morgan fingerprint density at radius 1 is 0.594 bits per heavy atom. The first kappa shape index (κ1) is 24.7. The Bertz CT molecular complexity index is 859. The van der Waals surface area contributed by atoms with Gasteiger partial charge in [-0.3, -0.25) is 0 Å². The zero-order valence-corrected chi connectivity index (χ0v) is 21.3. The van der Waals surface area contributed by atoms with Crippen molar-refractivity contribution in [1.82, 2.24) is 0 Å². The predicted molar refractivity (Wildman–Crippen MR) is 140 cm³/mol. The summed E-state index contributed by atoms with van der Waals surface area (Å²) in [6.45, 7) is 7.35. The summed E-state index contributed by atoms with van der Waals surface area (Å²) in [5.41, 5.74) is 0. The van der Waals surface area contributed by atoms with Crippen molar-refractivity contribution in [2.45, 2.75) is 33.6 Å². The van der Waals surface area contributed by atoms with Crippen molar-refractivity contribution in [3.05, 3.63) is 91.0 Å². The van der Waals surface area contributed by atoms with Gasteiger partial charge in [0, 0.05) is 0 Å². The molecular formula is C26H36O4P2. The Labute approximate surface area is 193 Å². The average molecular weight is 475 g/mol. The van der Waals surface area contributed by atoms with Gasteiger partial charge in [-0.1, -0.05) is 0 Å². The summed E-state index contributed by atoms with van der Waals surface area (Å²) in [5, 5.41) is 1.03. The fourth-order valence-corrected chi connectivity index (χ4v) is 16.3. The van der Waals surface area contributed by atoms with Crippen molar-refractivity contribution in [3.63, 3.8) is 0 Å². The molecule has 0 aliphatic heterocycles. The number of hydrogen-bond acceptors (Lipinski definition) is 4. The van der Waals surface area contributed by atoms with E-state index in [1.165, 1.54) is 0 Å². The molecule has 6 heteroatoms. The van der Waals surface area contributed by atoms with Crippen molar-refractivity contribution < 1.29 is 18.1 Å². The van der Waals surface area contributed by atoms with Crippen LogP contribution in [0.3, 0.4) is 0 Å². The summed E-state index contributed by atoms with van der Waals surface area (Å²) in [7, 11) is -6.33. The molecule has 0 aliphatic rings. The summed E-state index contributed by atoms with van der Waals surface area (Å²) in [6, 6.07) is 30.1. The molecule has 32 heavy (non-hydrogen) atoms. The van der Waals surface area contributed by atoms with Gasteiger partial charge in [-0.2, -0.15) is 0 Å². The van der Waals surface area contributed by atoms with E-state index in [1.54, 1.807) is 0 Å². The molecule has 0 fully saturated rings. The van der Waals surface area contributed by atoms with Gasteiger partial charge in [-0.25, -0.2) is 0 Å². The molecule has 0 heterocycles. The molecule has 0 amide bonds. The van der Waals surface area contributed by atoms with E-state index in [9.17, 15) is 0 Å². The first-order valence-corrected chi connectivity index (χ1v) is 16.3. The third-order valence-corrected chi connectivity index (χ3v) is 17.0. The van der Waals surface area contributed by atoms with Crippen LogP contribution in [0.2, 0.25) is 0 Å². The molecule has 0 saturated carbocycles. The van der Waals surface area contributed by atoms with Gasteiger partial charge in [0.1, 0.15) is 0 Å². The Kier molecular flexibility index (Phi) is 9.51. The molecule has 0 spiro atoms. The Hall–Kier alpha value is -1.96. The number of para-hydroxylation sites is 2. The maximum atomic E-state index is 6.99. The minimum absolute atomic E-state index is 0.549. The van der Waals surface area contributed by atoms with E-state index >= 15 is 0 Å². The molecule has 0 atom stereocenters. The number of unbranched alkanes of at least 4 members (excludes halogenated alkanes) is 1. The summed E-state index contributed by atoms with van der Waals surface area (Å²) in [6.07, 6.45) is 2.85. The Morgan fingerprint density at radius 2 is 1.03 bits per heavy atom. The van der Waals surface area contributed by atoms with Gasteiger partial charge in [-0.15, -0.1) is 0 Å². The van der Waals surface area contributed by atoms with E-state index in [-0.39, 0.29) is 0 Å². The van der Waals surface area contributed by atoms with Crippen LogP contribution in [0.4, 0.5) is 0 Å². The average Bonchev–Trinajstić information content (AvgIpc) is 2.84. The fourth-order valence-electron chi connectivity index (χ4n) is 3.90. The van der Waals surface area contributed by atoms with Gasteiger partial charge in [0.2, 0.25) is 0 Å². The van der Waals surface area contributed by atoms with Crippen molar-refractivity contribution >= 4 is 20.1 Å². The van der Waals surface area contributed by atoms with Crippen LogP contribution in [0.15, 0.2) is 91.0 Å². The summed E-state index contributed by atoms with van der Waals surface area (Å²) >= 11 is 0. The third-order valence-electron chi connectivity index (χ3n) is 5.28. The number of benzene rings is 3. The summed E-state index contributed by atoms with van der Waals surface area (Å²) < 4.78 is 27.3. The quantitative estimate of drug-likeness (QED) is 0.242. The first-order valence-electron chi connectivity index (χ1n) is 11.5. The van der Waals surface area contributed by atoms with Gasteiger partial charge < -0.3 is 0 Å². The minimum atomic E-state index is -3.32. The van der Waals surface area contributed by atoms with Crippen molar-refractivity contribution in [2.75, 3.05) is 19.4 Å². The molecule has 0 aromatic heterocycles. The van der Waals surface area contributed by atoms with E-state index in [1.807, 2.05) is 92.7 Å². The van der Waals surface area contributed by atoms with E-state index in [0.29, 0.717) is 13.2 Å². The normalized spacial score (nSPS) is 12.8. The molecule has 174 valence electrons. The molecule has 0 radical (unpaired) electrons. The van der Waals surface area contributed by atoms with Gasteiger partial charge in [0.05, 0.1) is 0 Å². The molecule has 0 unspecified atom stereocenters. The fraction of sp³-hybridized carbons (Fsp3) is 0.308.